The zero-order chi connectivity index (χ0) is 22.5. The summed E-state index contributed by atoms with van der Waals surface area (Å²) in [6.45, 7) is 10.1. The molecule has 1 heterocycles. The highest BCUT2D eigenvalue weighted by Gasteiger charge is 2.35. The molecule has 1 aromatic carbocycles. The van der Waals surface area contributed by atoms with Gasteiger partial charge in [0.2, 0.25) is 11.8 Å². The molecule has 3 N–H and O–H groups in total. The van der Waals surface area contributed by atoms with Crippen LogP contribution in [0.15, 0.2) is 30.3 Å². The van der Waals surface area contributed by atoms with Gasteiger partial charge < -0.3 is 20.7 Å². The molecule has 1 aliphatic heterocycles. The summed E-state index contributed by atoms with van der Waals surface area (Å²) in [5, 5.41) is 2.87. The summed E-state index contributed by atoms with van der Waals surface area (Å²) in [6.07, 6.45) is 1.40. The van der Waals surface area contributed by atoms with Crippen molar-refractivity contribution < 1.29 is 19.1 Å². The summed E-state index contributed by atoms with van der Waals surface area (Å²) in [6, 6.07) is 8.96. The monoisotopic (exact) mass is 417 g/mol. The van der Waals surface area contributed by atoms with Gasteiger partial charge in [0.25, 0.3) is 0 Å². The van der Waals surface area contributed by atoms with E-state index in [4.69, 9.17) is 10.5 Å². The van der Waals surface area contributed by atoms with Gasteiger partial charge in [0.05, 0.1) is 0 Å². The molecule has 3 amide bonds. The molecule has 7 heteroatoms. The lowest BCUT2D eigenvalue weighted by atomic mass is 9.78. The first-order valence-corrected chi connectivity index (χ1v) is 10.5. The molecule has 0 spiro atoms. The number of nitrogens with one attached hydrogen (secondary N) is 1. The van der Waals surface area contributed by atoms with Crippen LogP contribution in [0.4, 0.5) is 4.79 Å². The minimum absolute atomic E-state index is 0.0826. The van der Waals surface area contributed by atoms with Crippen LogP contribution in [-0.2, 0) is 19.7 Å². The first-order valence-electron chi connectivity index (χ1n) is 10.5. The van der Waals surface area contributed by atoms with Gasteiger partial charge in [-0.05, 0) is 51.0 Å². The highest BCUT2D eigenvalue weighted by Crippen LogP contribution is 2.30. The predicted molar refractivity (Wildman–Crippen MR) is 116 cm³/mol. The molecule has 166 valence electrons. The molecule has 0 radical (unpaired) electrons. The summed E-state index contributed by atoms with van der Waals surface area (Å²) in [7, 11) is 0. The minimum Gasteiger partial charge on any atom is -0.444 e. The molecule has 0 saturated carbocycles. The van der Waals surface area contributed by atoms with Gasteiger partial charge in [-0.15, -0.1) is 0 Å². The first-order chi connectivity index (χ1) is 13.9. The van der Waals surface area contributed by atoms with Gasteiger partial charge in [0.1, 0.15) is 11.6 Å². The summed E-state index contributed by atoms with van der Waals surface area (Å²) in [4.78, 5) is 38.7. The fraction of sp³-hybridized carbons (Fsp3) is 0.609. The maximum Gasteiger partial charge on any atom is 0.407 e. The van der Waals surface area contributed by atoms with Gasteiger partial charge in [0.15, 0.2) is 0 Å². The van der Waals surface area contributed by atoms with Gasteiger partial charge in [-0.2, -0.15) is 0 Å². The van der Waals surface area contributed by atoms with Crippen molar-refractivity contribution in [3.63, 3.8) is 0 Å². The summed E-state index contributed by atoms with van der Waals surface area (Å²) in [5.74, 6) is -0.664. The van der Waals surface area contributed by atoms with E-state index in [9.17, 15) is 14.4 Å². The number of likely N-dealkylation sites (tertiary alicyclic amines) is 1. The Morgan fingerprint density at radius 1 is 1.17 bits per heavy atom. The molecule has 1 aliphatic rings. The lowest BCUT2D eigenvalue weighted by Crippen LogP contribution is -2.48. The molecular formula is C23H35N3O4. The fourth-order valence-corrected chi connectivity index (χ4v) is 3.96. The Labute approximate surface area is 179 Å². The van der Waals surface area contributed by atoms with Crippen molar-refractivity contribution in [2.45, 2.75) is 83.4 Å². The average Bonchev–Trinajstić information content (AvgIpc) is 3.10. The Bertz CT molecular complexity index is 755. The number of carbonyl (C=O) groups excluding carboxylic acids is 3. The summed E-state index contributed by atoms with van der Waals surface area (Å²) in [5.41, 5.74) is 5.66. The predicted octanol–water partition coefficient (Wildman–Crippen LogP) is 3.11. The zero-order valence-electron chi connectivity index (χ0n) is 18.7. The van der Waals surface area contributed by atoms with Crippen LogP contribution in [0.5, 0.6) is 0 Å². The Kier molecular flexibility index (Phi) is 7.50. The number of amides is 3. The third-order valence-corrected chi connectivity index (χ3v) is 5.36. The number of nitrogens with two attached hydrogens (primary N) is 1. The van der Waals surface area contributed by atoms with Crippen molar-refractivity contribution in [1.82, 2.24) is 10.2 Å². The van der Waals surface area contributed by atoms with Crippen molar-refractivity contribution in [3.05, 3.63) is 35.9 Å². The smallest absolute Gasteiger partial charge is 0.407 e. The van der Waals surface area contributed by atoms with Crippen molar-refractivity contribution >= 4 is 17.9 Å². The van der Waals surface area contributed by atoms with Gasteiger partial charge in [-0.1, -0.05) is 44.2 Å². The molecule has 2 atom stereocenters. The minimum atomic E-state index is -0.639. The van der Waals surface area contributed by atoms with Crippen LogP contribution < -0.4 is 11.1 Å². The molecule has 1 unspecified atom stereocenters. The number of alkyl carbamates (subject to hydrolysis) is 1. The number of hydrogen-bond acceptors (Lipinski definition) is 4. The van der Waals surface area contributed by atoms with Gasteiger partial charge in [0, 0.05) is 19.0 Å². The van der Waals surface area contributed by atoms with E-state index in [2.05, 4.69) is 19.2 Å². The quantitative estimate of drug-likeness (QED) is 0.712. The number of nitrogens with zero attached hydrogens (tertiary/aromatic N) is 1. The van der Waals surface area contributed by atoms with Crippen molar-refractivity contribution in [1.29, 1.82) is 0 Å². The van der Waals surface area contributed by atoms with Crippen molar-refractivity contribution in [3.8, 4) is 0 Å². The molecule has 1 saturated heterocycles. The van der Waals surface area contributed by atoms with Crippen LogP contribution in [-0.4, -0.2) is 47.0 Å². The van der Waals surface area contributed by atoms with Gasteiger partial charge in [-0.3, -0.25) is 9.59 Å². The van der Waals surface area contributed by atoms with Gasteiger partial charge >= 0.3 is 6.09 Å². The molecule has 30 heavy (non-hydrogen) atoms. The largest absolute Gasteiger partial charge is 0.444 e. The second-order valence-electron chi connectivity index (χ2n) is 9.65. The lowest BCUT2D eigenvalue weighted by Gasteiger charge is -2.32. The maximum atomic E-state index is 13.0. The van der Waals surface area contributed by atoms with Crippen LogP contribution in [0.25, 0.3) is 0 Å². The van der Waals surface area contributed by atoms with Crippen molar-refractivity contribution in [2.24, 2.45) is 5.73 Å². The van der Waals surface area contributed by atoms with Crippen LogP contribution in [0.3, 0.4) is 0 Å². The van der Waals surface area contributed by atoms with Crippen LogP contribution in [0.2, 0.25) is 0 Å². The van der Waals surface area contributed by atoms with Crippen LogP contribution in [0, 0.1) is 0 Å². The second-order valence-corrected chi connectivity index (χ2v) is 9.65. The Morgan fingerprint density at radius 2 is 1.80 bits per heavy atom. The molecule has 0 aliphatic carbocycles. The van der Waals surface area contributed by atoms with Crippen molar-refractivity contribution in [2.75, 3.05) is 6.54 Å². The second kappa shape index (κ2) is 9.49. The summed E-state index contributed by atoms with van der Waals surface area (Å²) >= 11 is 0. The Balaban J connectivity index is 2.17. The lowest BCUT2D eigenvalue weighted by molar-refractivity contribution is -0.137. The fourth-order valence-electron chi connectivity index (χ4n) is 3.96. The zero-order valence-corrected chi connectivity index (χ0v) is 18.7. The number of hydrogen-bond donors (Lipinski definition) is 2. The molecule has 1 aromatic rings. The van der Waals surface area contributed by atoms with Gasteiger partial charge in [-0.25, -0.2) is 4.79 Å². The number of ether oxygens (including phenoxy) is 1. The van der Waals surface area contributed by atoms with Crippen LogP contribution >= 0.6 is 0 Å². The Morgan fingerprint density at radius 3 is 2.37 bits per heavy atom. The van der Waals surface area contributed by atoms with E-state index in [0.29, 0.717) is 19.4 Å². The average molecular weight is 418 g/mol. The summed E-state index contributed by atoms with van der Waals surface area (Å²) < 4.78 is 5.41. The molecule has 0 aromatic heterocycles. The number of benzene rings is 1. The van der Waals surface area contributed by atoms with E-state index in [1.807, 2.05) is 30.3 Å². The molecule has 0 bridgehead atoms. The highest BCUT2D eigenvalue weighted by molar-refractivity contribution is 5.87. The third-order valence-electron chi connectivity index (χ3n) is 5.36. The van der Waals surface area contributed by atoms with E-state index >= 15 is 0 Å². The molecule has 1 fully saturated rings. The third kappa shape index (κ3) is 6.75. The van der Waals surface area contributed by atoms with Crippen LogP contribution in [0.1, 0.15) is 65.9 Å². The van der Waals surface area contributed by atoms with E-state index in [1.54, 1.807) is 25.7 Å². The normalized spacial score (nSPS) is 18.0. The number of primary amides is 1. The molecule has 2 rings (SSSR count). The highest BCUT2D eigenvalue weighted by atomic mass is 16.6. The van der Waals surface area contributed by atoms with E-state index < -0.39 is 29.7 Å². The van der Waals surface area contributed by atoms with E-state index in [0.717, 1.165) is 12.0 Å². The standard InChI is InChI=1S/C23H35N3O4/c1-22(2,3)30-21(29)25-17(15-23(4,5)16-10-7-6-8-11-16)14-19(27)26-13-9-12-18(26)20(24)28/h6-8,10-11,17-18H,9,12-15H2,1-5H3,(H2,24,28)(H,25,29)/t17?,18-/m0/s1. The first kappa shape index (κ1) is 23.7. The molecular weight excluding hydrogens is 382 g/mol. The van der Waals surface area contributed by atoms with E-state index in [-0.39, 0.29) is 17.7 Å². The Hall–Kier alpha value is -2.57. The topological polar surface area (TPSA) is 102 Å². The maximum absolute atomic E-state index is 13.0. The SMILES string of the molecule is CC(C)(C)OC(=O)NC(CC(=O)N1CCC[C@H]1C(N)=O)CC(C)(C)c1ccccc1. The van der Waals surface area contributed by atoms with E-state index in [1.165, 1.54) is 0 Å². The number of carbonyl (C=O) groups is 3. The molecule has 7 nitrogen and oxygen atoms in total. The number of rotatable bonds is 7.